The first kappa shape index (κ1) is 14.6. The quantitative estimate of drug-likeness (QED) is 0.600. The van der Waals surface area contributed by atoms with Crippen molar-refractivity contribution in [3.63, 3.8) is 0 Å². The van der Waals surface area contributed by atoms with Gasteiger partial charge in [-0.25, -0.2) is 0 Å². The molecular weight excluding hydrogens is 228 g/mol. The van der Waals surface area contributed by atoms with Crippen LogP contribution in [0.1, 0.15) is 87.5 Å². The number of hydrogen-bond acceptors (Lipinski definition) is 0. The molecule has 0 heteroatoms. The molecule has 0 nitrogen and oxygen atoms in total. The van der Waals surface area contributed by atoms with Crippen LogP contribution < -0.4 is 0 Å². The van der Waals surface area contributed by atoms with E-state index in [-0.39, 0.29) is 0 Å². The number of rotatable bonds is 2. The van der Waals surface area contributed by atoms with Gasteiger partial charge in [0.05, 0.1) is 0 Å². The molecule has 1 saturated carbocycles. The summed E-state index contributed by atoms with van der Waals surface area (Å²) >= 11 is 0. The van der Waals surface area contributed by atoms with Gasteiger partial charge in [-0.3, -0.25) is 0 Å². The van der Waals surface area contributed by atoms with Gasteiger partial charge in [0.15, 0.2) is 0 Å². The minimum atomic E-state index is 0.567. The largest absolute Gasteiger partial charge is 0.0599 e. The zero-order valence-corrected chi connectivity index (χ0v) is 13.6. The number of aryl methyl sites for hydroxylation is 1. The molecule has 0 N–H and O–H groups in total. The van der Waals surface area contributed by atoms with Crippen LogP contribution >= 0.6 is 0 Å². The van der Waals surface area contributed by atoms with Gasteiger partial charge in [-0.2, -0.15) is 0 Å². The monoisotopic (exact) mass is 258 g/mol. The van der Waals surface area contributed by atoms with Gasteiger partial charge in [-0.15, -0.1) is 0 Å². The molecule has 19 heavy (non-hydrogen) atoms. The van der Waals surface area contributed by atoms with Gasteiger partial charge in [0.1, 0.15) is 0 Å². The Morgan fingerprint density at radius 2 is 1.63 bits per heavy atom. The topological polar surface area (TPSA) is 0 Å². The average Bonchev–Trinajstić information content (AvgIpc) is 2.32. The van der Waals surface area contributed by atoms with Crippen LogP contribution in [0.15, 0.2) is 12.1 Å². The summed E-state index contributed by atoms with van der Waals surface area (Å²) in [6, 6.07) is 4.94. The first-order chi connectivity index (χ1) is 8.80. The second kappa shape index (κ2) is 5.31. The predicted molar refractivity (Wildman–Crippen MR) is 85.0 cm³/mol. The summed E-state index contributed by atoms with van der Waals surface area (Å²) in [7, 11) is 0. The highest BCUT2D eigenvalue weighted by molar-refractivity contribution is 5.40. The molecule has 0 saturated heterocycles. The molecule has 0 bridgehead atoms. The van der Waals surface area contributed by atoms with Crippen LogP contribution in [0, 0.1) is 19.3 Å². The molecule has 0 radical (unpaired) electrons. The van der Waals surface area contributed by atoms with Crippen molar-refractivity contribution < 1.29 is 0 Å². The number of benzene rings is 1. The van der Waals surface area contributed by atoms with Gasteiger partial charge >= 0.3 is 0 Å². The minimum absolute atomic E-state index is 0.567. The summed E-state index contributed by atoms with van der Waals surface area (Å²) < 4.78 is 0. The second-order valence-corrected chi connectivity index (χ2v) is 7.65. The lowest BCUT2D eigenvalue weighted by Crippen LogP contribution is -2.20. The van der Waals surface area contributed by atoms with Crippen molar-refractivity contribution in [1.29, 1.82) is 0 Å². The molecule has 1 aliphatic rings. The maximum absolute atomic E-state index is 2.50. The third kappa shape index (κ3) is 3.22. The Labute approximate surface area is 119 Å². The van der Waals surface area contributed by atoms with Crippen LogP contribution in [0.3, 0.4) is 0 Å². The third-order valence-electron chi connectivity index (χ3n) is 5.16. The van der Waals surface area contributed by atoms with E-state index in [9.17, 15) is 0 Å². The van der Waals surface area contributed by atoms with Crippen LogP contribution in [-0.4, -0.2) is 0 Å². The fourth-order valence-corrected chi connectivity index (χ4v) is 3.48. The van der Waals surface area contributed by atoms with Crippen LogP contribution in [0.25, 0.3) is 0 Å². The molecule has 1 aromatic rings. The normalized spacial score (nSPS) is 19.9. The molecule has 0 amide bonds. The second-order valence-electron chi connectivity index (χ2n) is 7.65. The molecular formula is C19H30. The molecule has 0 unspecified atom stereocenters. The highest BCUT2D eigenvalue weighted by Gasteiger charge is 2.28. The lowest BCUT2D eigenvalue weighted by Gasteiger charge is -2.35. The van der Waals surface area contributed by atoms with Crippen molar-refractivity contribution in [3.8, 4) is 0 Å². The van der Waals surface area contributed by atoms with Gasteiger partial charge < -0.3 is 0 Å². The molecule has 0 spiro atoms. The Morgan fingerprint density at radius 3 is 2.16 bits per heavy atom. The van der Waals surface area contributed by atoms with E-state index in [2.05, 4.69) is 53.7 Å². The molecule has 1 fully saturated rings. The van der Waals surface area contributed by atoms with Crippen molar-refractivity contribution in [2.45, 2.75) is 79.1 Å². The van der Waals surface area contributed by atoms with Crippen molar-refractivity contribution >= 4 is 0 Å². The Hall–Kier alpha value is -0.780. The summed E-state index contributed by atoms with van der Waals surface area (Å²) in [4.78, 5) is 0. The molecule has 0 atom stereocenters. The van der Waals surface area contributed by atoms with Crippen LogP contribution in [0.5, 0.6) is 0 Å². The van der Waals surface area contributed by atoms with E-state index in [1.807, 2.05) is 0 Å². The Kier molecular flexibility index (Phi) is 4.08. The lowest BCUT2D eigenvalue weighted by molar-refractivity contribution is 0.224. The SMILES string of the molecule is Cc1cc(C2CCC(C)(C)CC2)cc(C(C)C)c1C. The summed E-state index contributed by atoms with van der Waals surface area (Å²) in [5.41, 5.74) is 6.69. The van der Waals surface area contributed by atoms with E-state index in [0.717, 1.165) is 5.92 Å². The Morgan fingerprint density at radius 1 is 1.05 bits per heavy atom. The molecule has 0 heterocycles. The standard InChI is InChI=1S/C19H30/c1-13(2)18-12-17(11-14(3)15(18)4)16-7-9-19(5,6)10-8-16/h11-13,16H,7-10H2,1-6H3. The van der Waals surface area contributed by atoms with Gasteiger partial charge in [0.25, 0.3) is 0 Å². The lowest BCUT2D eigenvalue weighted by atomic mass is 9.71. The first-order valence-corrected chi connectivity index (χ1v) is 7.91. The van der Waals surface area contributed by atoms with Gasteiger partial charge in [0.2, 0.25) is 0 Å². The van der Waals surface area contributed by atoms with Crippen molar-refractivity contribution in [3.05, 3.63) is 34.4 Å². The van der Waals surface area contributed by atoms with Crippen LogP contribution in [0.2, 0.25) is 0 Å². The van der Waals surface area contributed by atoms with Gasteiger partial charge in [-0.1, -0.05) is 39.8 Å². The van der Waals surface area contributed by atoms with E-state index in [1.165, 1.54) is 36.8 Å². The predicted octanol–water partition coefficient (Wildman–Crippen LogP) is 6.11. The minimum Gasteiger partial charge on any atom is -0.0599 e. The maximum atomic E-state index is 2.50. The molecule has 106 valence electrons. The first-order valence-electron chi connectivity index (χ1n) is 7.91. The molecule has 0 aliphatic heterocycles. The van der Waals surface area contributed by atoms with Crippen molar-refractivity contribution in [2.24, 2.45) is 5.41 Å². The molecule has 0 aromatic heterocycles. The van der Waals surface area contributed by atoms with Gasteiger partial charge in [-0.05, 0) is 79.0 Å². The Bertz CT molecular complexity index is 441. The summed E-state index contributed by atoms with van der Waals surface area (Å²) in [6.07, 6.45) is 5.49. The summed E-state index contributed by atoms with van der Waals surface area (Å²) in [5.74, 6) is 1.43. The van der Waals surface area contributed by atoms with Crippen LogP contribution in [0.4, 0.5) is 0 Å². The van der Waals surface area contributed by atoms with E-state index >= 15 is 0 Å². The maximum Gasteiger partial charge on any atom is -0.0161 e. The third-order valence-corrected chi connectivity index (χ3v) is 5.16. The fourth-order valence-electron chi connectivity index (χ4n) is 3.48. The van der Waals surface area contributed by atoms with Crippen molar-refractivity contribution in [1.82, 2.24) is 0 Å². The van der Waals surface area contributed by atoms with Gasteiger partial charge in [0, 0.05) is 0 Å². The molecule has 2 rings (SSSR count). The fraction of sp³-hybridized carbons (Fsp3) is 0.684. The van der Waals surface area contributed by atoms with Crippen LogP contribution in [-0.2, 0) is 0 Å². The van der Waals surface area contributed by atoms with E-state index in [1.54, 1.807) is 11.1 Å². The summed E-state index contributed by atoms with van der Waals surface area (Å²) in [5, 5.41) is 0. The average molecular weight is 258 g/mol. The summed E-state index contributed by atoms with van der Waals surface area (Å²) in [6.45, 7) is 14.0. The highest BCUT2D eigenvalue weighted by Crippen LogP contribution is 2.43. The smallest absolute Gasteiger partial charge is 0.0161 e. The molecule has 1 aromatic carbocycles. The zero-order chi connectivity index (χ0) is 14.2. The zero-order valence-electron chi connectivity index (χ0n) is 13.6. The van der Waals surface area contributed by atoms with E-state index < -0.39 is 0 Å². The highest BCUT2D eigenvalue weighted by atomic mass is 14.3. The van der Waals surface area contributed by atoms with E-state index in [0.29, 0.717) is 11.3 Å². The Balaban J connectivity index is 2.26. The number of hydrogen-bond donors (Lipinski definition) is 0. The van der Waals surface area contributed by atoms with E-state index in [4.69, 9.17) is 0 Å². The molecule has 1 aliphatic carbocycles. The van der Waals surface area contributed by atoms with Crippen molar-refractivity contribution in [2.75, 3.05) is 0 Å².